The Labute approximate surface area is 116 Å². The first-order chi connectivity index (χ1) is 9.59. The van der Waals surface area contributed by atoms with Gasteiger partial charge in [-0.25, -0.2) is 9.97 Å². The zero-order valence-corrected chi connectivity index (χ0v) is 11.5. The molecule has 0 bridgehead atoms. The van der Waals surface area contributed by atoms with Gasteiger partial charge in [0.15, 0.2) is 0 Å². The number of hydrogen-bond donors (Lipinski definition) is 1. The first-order valence-electron chi connectivity index (χ1n) is 5.94. The molecule has 0 aliphatic carbocycles. The van der Waals surface area contributed by atoms with E-state index in [4.69, 9.17) is 0 Å². The number of aromatic nitrogens is 3. The fourth-order valence-corrected chi connectivity index (χ4v) is 2.91. The van der Waals surface area contributed by atoms with Gasteiger partial charge in [-0.05, 0) is 24.3 Å². The number of anilines is 1. The van der Waals surface area contributed by atoms with E-state index in [0.29, 0.717) is 16.9 Å². The quantitative estimate of drug-likeness (QED) is 0.796. The van der Waals surface area contributed by atoms with Gasteiger partial charge in [0.1, 0.15) is 5.82 Å². The van der Waals surface area contributed by atoms with Gasteiger partial charge in [-0.1, -0.05) is 18.2 Å². The molecule has 0 fully saturated rings. The Morgan fingerprint density at radius 1 is 1.10 bits per heavy atom. The lowest BCUT2D eigenvalue weighted by molar-refractivity contribution is 0.587. The van der Waals surface area contributed by atoms with Crippen LogP contribution in [-0.4, -0.2) is 30.4 Å². The highest BCUT2D eigenvalue weighted by molar-refractivity contribution is 7.92. The van der Waals surface area contributed by atoms with E-state index in [2.05, 4.69) is 15.0 Å². The minimum absolute atomic E-state index is 0.0909. The summed E-state index contributed by atoms with van der Waals surface area (Å²) in [6.45, 7) is 0. The number of pyridine rings is 1. The lowest BCUT2D eigenvalue weighted by Gasteiger charge is -2.16. The zero-order valence-electron chi connectivity index (χ0n) is 10.7. The third-order valence-electron chi connectivity index (χ3n) is 2.94. The van der Waals surface area contributed by atoms with Crippen molar-refractivity contribution in [3.8, 4) is 0 Å². The number of para-hydroxylation sites is 2. The summed E-state index contributed by atoms with van der Waals surface area (Å²) in [6.07, 6.45) is 1.54. The normalized spacial score (nSPS) is 11.7. The van der Waals surface area contributed by atoms with Crippen LogP contribution in [0.2, 0.25) is 0 Å². The molecule has 0 unspecified atom stereocenters. The van der Waals surface area contributed by atoms with E-state index in [1.165, 1.54) is 7.05 Å². The van der Waals surface area contributed by atoms with Gasteiger partial charge < -0.3 is 4.98 Å². The van der Waals surface area contributed by atoms with Crippen molar-refractivity contribution in [2.75, 3.05) is 11.4 Å². The van der Waals surface area contributed by atoms with Crippen molar-refractivity contribution in [1.82, 2.24) is 15.0 Å². The molecule has 0 amide bonds. The van der Waals surface area contributed by atoms with Gasteiger partial charge in [0.25, 0.3) is 10.0 Å². The van der Waals surface area contributed by atoms with Crippen LogP contribution in [0.15, 0.2) is 53.8 Å². The van der Waals surface area contributed by atoms with E-state index < -0.39 is 10.0 Å². The molecule has 3 aromatic rings. The third kappa shape index (κ3) is 2.01. The van der Waals surface area contributed by atoms with E-state index in [1.54, 1.807) is 36.5 Å². The van der Waals surface area contributed by atoms with Crippen molar-refractivity contribution in [3.63, 3.8) is 0 Å². The number of hydrogen-bond acceptors (Lipinski definition) is 4. The number of aromatic amines is 1. The third-order valence-corrected chi connectivity index (χ3v) is 4.53. The molecule has 0 saturated carbocycles. The summed E-state index contributed by atoms with van der Waals surface area (Å²) >= 11 is 0. The fourth-order valence-electron chi connectivity index (χ4n) is 1.84. The number of imidazole rings is 1. The Balaban J connectivity index is 2.07. The van der Waals surface area contributed by atoms with Crippen molar-refractivity contribution in [1.29, 1.82) is 0 Å². The molecule has 1 N–H and O–H groups in total. The van der Waals surface area contributed by atoms with Gasteiger partial charge in [-0.3, -0.25) is 4.31 Å². The first-order valence-corrected chi connectivity index (χ1v) is 7.38. The number of H-pyrrole nitrogens is 1. The molecule has 0 saturated heterocycles. The predicted molar refractivity (Wildman–Crippen MR) is 75.9 cm³/mol. The molecule has 1 aromatic carbocycles. The number of rotatable bonds is 3. The van der Waals surface area contributed by atoms with Gasteiger partial charge in [-0.15, -0.1) is 0 Å². The summed E-state index contributed by atoms with van der Waals surface area (Å²) in [5.41, 5.74) is 1.29. The van der Waals surface area contributed by atoms with Gasteiger partial charge in [-0.2, -0.15) is 8.42 Å². The van der Waals surface area contributed by atoms with Gasteiger partial charge >= 0.3 is 0 Å². The number of fused-ring (bicyclic) bond motifs is 1. The molecule has 2 heterocycles. The van der Waals surface area contributed by atoms with E-state index in [9.17, 15) is 8.42 Å². The van der Waals surface area contributed by atoms with Crippen LogP contribution < -0.4 is 4.31 Å². The van der Waals surface area contributed by atoms with Crippen LogP contribution in [0.3, 0.4) is 0 Å². The van der Waals surface area contributed by atoms with Crippen LogP contribution in [0.4, 0.5) is 5.82 Å². The number of benzene rings is 1. The Morgan fingerprint density at radius 3 is 2.55 bits per heavy atom. The number of nitrogens with one attached hydrogen (secondary N) is 1. The van der Waals surface area contributed by atoms with Gasteiger partial charge in [0.2, 0.25) is 5.16 Å². The maximum atomic E-state index is 12.5. The van der Waals surface area contributed by atoms with Crippen molar-refractivity contribution >= 4 is 26.9 Å². The molecule has 7 heteroatoms. The number of sulfonamides is 1. The molecule has 0 aliphatic rings. The smallest absolute Gasteiger partial charge is 0.299 e. The second kappa shape index (κ2) is 4.61. The lowest BCUT2D eigenvalue weighted by atomic mass is 10.3. The Kier molecular flexibility index (Phi) is 2.90. The predicted octanol–water partition coefficient (Wildman–Crippen LogP) is 1.78. The summed E-state index contributed by atoms with van der Waals surface area (Å²) in [6, 6.07) is 12.2. The van der Waals surface area contributed by atoms with Gasteiger partial charge in [0.05, 0.1) is 11.0 Å². The molecule has 2 aromatic heterocycles. The lowest BCUT2D eigenvalue weighted by Crippen LogP contribution is -2.28. The molecule has 102 valence electrons. The van der Waals surface area contributed by atoms with E-state index in [1.807, 2.05) is 12.1 Å². The molecule has 0 spiro atoms. The minimum atomic E-state index is -3.75. The standard InChI is InChI=1S/C13H12N4O2S/c1-17(12-8-4-5-9-14-12)20(18,19)13-15-10-6-2-3-7-11(10)16-13/h2-9H,1H3,(H,15,16). The molecule has 0 aliphatic heterocycles. The zero-order chi connectivity index (χ0) is 14.2. The Morgan fingerprint density at radius 2 is 1.85 bits per heavy atom. The van der Waals surface area contributed by atoms with Crippen LogP contribution in [0.25, 0.3) is 11.0 Å². The maximum absolute atomic E-state index is 12.5. The second-order valence-electron chi connectivity index (χ2n) is 4.22. The van der Waals surface area contributed by atoms with E-state index in [0.717, 1.165) is 4.31 Å². The van der Waals surface area contributed by atoms with Crippen LogP contribution in [-0.2, 0) is 10.0 Å². The highest BCUT2D eigenvalue weighted by Crippen LogP contribution is 2.20. The average Bonchev–Trinajstić information content (AvgIpc) is 2.92. The molecular weight excluding hydrogens is 276 g/mol. The molecule has 6 nitrogen and oxygen atoms in total. The second-order valence-corrected chi connectivity index (χ2v) is 6.10. The van der Waals surface area contributed by atoms with Crippen molar-refractivity contribution in [3.05, 3.63) is 48.7 Å². The fraction of sp³-hybridized carbons (Fsp3) is 0.0769. The average molecular weight is 288 g/mol. The Hall–Kier alpha value is -2.41. The summed E-state index contributed by atoms with van der Waals surface area (Å²) in [4.78, 5) is 11.0. The summed E-state index contributed by atoms with van der Waals surface area (Å²) in [5, 5.41) is -0.0909. The van der Waals surface area contributed by atoms with Crippen LogP contribution in [0.5, 0.6) is 0 Å². The van der Waals surface area contributed by atoms with Gasteiger partial charge in [0, 0.05) is 13.2 Å². The molecule has 0 radical (unpaired) electrons. The SMILES string of the molecule is CN(c1ccccn1)S(=O)(=O)c1nc2ccccc2[nH]1. The topological polar surface area (TPSA) is 79.0 Å². The van der Waals surface area contributed by atoms with Crippen LogP contribution in [0.1, 0.15) is 0 Å². The van der Waals surface area contributed by atoms with Crippen LogP contribution >= 0.6 is 0 Å². The molecule has 0 atom stereocenters. The van der Waals surface area contributed by atoms with E-state index in [-0.39, 0.29) is 5.16 Å². The highest BCUT2D eigenvalue weighted by Gasteiger charge is 2.25. The highest BCUT2D eigenvalue weighted by atomic mass is 32.2. The molecule has 20 heavy (non-hydrogen) atoms. The van der Waals surface area contributed by atoms with E-state index >= 15 is 0 Å². The van der Waals surface area contributed by atoms with Crippen LogP contribution in [0, 0.1) is 0 Å². The molecular formula is C13H12N4O2S. The maximum Gasteiger partial charge on any atom is 0.299 e. The largest absolute Gasteiger partial charge is 0.327 e. The first kappa shape index (κ1) is 12.6. The van der Waals surface area contributed by atoms with Crippen molar-refractivity contribution in [2.24, 2.45) is 0 Å². The molecule has 3 rings (SSSR count). The van der Waals surface area contributed by atoms with Crippen molar-refractivity contribution in [2.45, 2.75) is 5.16 Å². The minimum Gasteiger partial charge on any atom is -0.327 e. The van der Waals surface area contributed by atoms with Crippen molar-refractivity contribution < 1.29 is 8.42 Å². The number of nitrogens with zero attached hydrogens (tertiary/aromatic N) is 3. The Bertz CT molecular complexity index is 810. The summed E-state index contributed by atoms with van der Waals surface area (Å²) in [7, 11) is -2.30. The summed E-state index contributed by atoms with van der Waals surface area (Å²) < 4.78 is 26.1. The monoisotopic (exact) mass is 288 g/mol. The summed E-state index contributed by atoms with van der Waals surface area (Å²) in [5.74, 6) is 0.341.